The Hall–Kier alpha value is -1.33. The Morgan fingerprint density at radius 2 is 2.32 bits per heavy atom. The minimum absolute atomic E-state index is 0.222. The standard InChI is InChI=1S/C14H22N2O3/c1-11-8-15(2)9-12(5-6-14(17)18)16(11)10-13-4-3-7-19-13/h3-4,7,11-12H,5-6,8-10H2,1-2H3,(H,17,18). The maximum atomic E-state index is 10.8. The summed E-state index contributed by atoms with van der Waals surface area (Å²) in [5, 5.41) is 8.87. The molecule has 0 aromatic carbocycles. The van der Waals surface area contributed by atoms with Crippen LogP contribution in [0.1, 0.15) is 25.5 Å². The van der Waals surface area contributed by atoms with Gasteiger partial charge in [-0.15, -0.1) is 0 Å². The molecule has 2 atom stereocenters. The third kappa shape index (κ3) is 3.81. The van der Waals surface area contributed by atoms with Crippen LogP contribution < -0.4 is 0 Å². The summed E-state index contributed by atoms with van der Waals surface area (Å²) >= 11 is 0. The summed E-state index contributed by atoms with van der Waals surface area (Å²) in [6.07, 6.45) is 2.59. The maximum Gasteiger partial charge on any atom is 0.303 e. The molecule has 19 heavy (non-hydrogen) atoms. The number of piperazine rings is 1. The van der Waals surface area contributed by atoms with Crippen molar-refractivity contribution in [1.29, 1.82) is 0 Å². The van der Waals surface area contributed by atoms with E-state index in [1.165, 1.54) is 0 Å². The lowest BCUT2D eigenvalue weighted by Gasteiger charge is -2.44. The van der Waals surface area contributed by atoms with Crippen LogP contribution in [0.25, 0.3) is 0 Å². The topological polar surface area (TPSA) is 56.9 Å². The number of aliphatic carboxylic acids is 1. The Labute approximate surface area is 113 Å². The molecule has 1 N–H and O–H groups in total. The molecule has 0 aliphatic carbocycles. The highest BCUT2D eigenvalue weighted by molar-refractivity contribution is 5.66. The molecular weight excluding hydrogens is 244 g/mol. The number of rotatable bonds is 5. The molecule has 1 fully saturated rings. The van der Waals surface area contributed by atoms with Gasteiger partial charge in [0, 0.05) is 31.6 Å². The summed E-state index contributed by atoms with van der Waals surface area (Å²) in [7, 11) is 2.09. The molecular formula is C14H22N2O3. The molecule has 0 amide bonds. The first-order valence-corrected chi connectivity index (χ1v) is 6.74. The Morgan fingerprint density at radius 1 is 1.53 bits per heavy atom. The van der Waals surface area contributed by atoms with E-state index in [0.29, 0.717) is 12.5 Å². The van der Waals surface area contributed by atoms with E-state index in [-0.39, 0.29) is 12.5 Å². The fraction of sp³-hybridized carbons (Fsp3) is 0.643. The van der Waals surface area contributed by atoms with Gasteiger partial charge in [0.25, 0.3) is 0 Å². The number of furan rings is 1. The van der Waals surface area contributed by atoms with E-state index in [2.05, 4.69) is 23.8 Å². The van der Waals surface area contributed by atoms with Crippen molar-refractivity contribution in [2.24, 2.45) is 0 Å². The maximum absolute atomic E-state index is 10.8. The van der Waals surface area contributed by atoms with Crippen LogP contribution in [0.4, 0.5) is 0 Å². The number of likely N-dealkylation sites (N-methyl/N-ethyl adjacent to an activating group) is 1. The van der Waals surface area contributed by atoms with Crippen LogP contribution in [-0.4, -0.2) is 53.1 Å². The van der Waals surface area contributed by atoms with Crippen molar-refractivity contribution in [1.82, 2.24) is 9.80 Å². The van der Waals surface area contributed by atoms with E-state index in [4.69, 9.17) is 9.52 Å². The van der Waals surface area contributed by atoms with Gasteiger partial charge in [-0.3, -0.25) is 9.69 Å². The molecule has 1 aliphatic heterocycles. The summed E-state index contributed by atoms with van der Waals surface area (Å²) in [5.41, 5.74) is 0. The molecule has 5 nitrogen and oxygen atoms in total. The number of carbonyl (C=O) groups is 1. The molecule has 1 aromatic heterocycles. The van der Waals surface area contributed by atoms with Crippen molar-refractivity contribution in [3.63, 3.8) is 0 Å². The van der Waals surface area contributed by atoms with Gasteiger partial charge in [0.05, 0.1) is 12.8 Å². The summed E-state index contributed by atoms with van der Waals surface area (Å²) in [6.45, 7) is 4.86. The lowest BCUT2D eigenvalue weighted by Crippen LogP contribution is -2.56. The molecule has 1 aromatic rings. The highest BCUT2D eigenvalue weighted by Gasteiger charge is 2.31. The van der Waals surface area contributed by atoms with Gasteiger partial charge < -0.3 is 14.4 Å². The van der Waals surface area contributed by atoms with Crippen LogP contribution in [0.2, 0.25) is 0 Å². The fourth-order valence-corrected chi connectivity index (χ4v) is 2.87. The SMILES string of the molecule is CC1CN(C)CC(CCC(=O)O)N1Cc1ccco1. The minimum atomic E-state index is -0.723. The minimum Gasteiger partial charge on any atom is -0.481 e. The molecule has 0 spiro atoms. The fourth-order valence-electron chi connectivity index (χ4n) is 2.87. The molecule has 0 bridgehead atoms. The van der Waals surface area contributed by atoms with Crippen LogP contribution in [-0.2, 0) is 11.3 Å². The van der Waals surface area contributed by atoms with Crippen LogP contribution in [0.15, 0.2) is 22.8 Å². The van der Waals surface area contributed by atoms with Crippen LogP contribution >= 0.6 is 0 Å². The first kappa shape index (κ1) is 14.1. The van der Waals surface area contributed by atoms with E-state index in [1.54, 1.807) is 6.26 Å². The number of carboxylic acid groups (broad SMARTS) is 1. The monoisotopic (exact) mass is 266 g/mol. The van der Waals surface area contributed by atoms with Crippen molar-refractivity contribution < 1.29 is 14.3 Å². The zero-order chi connectivity index (χ0) is 13.8. The molecule has 0 radical (unpaired) electrons. The summed E-state index contributed by atoms with van der Waals surface area (Å²) in [5.74, 6) is 0.218. The Balaban J connectivity index is 2.03. The third-order valence-electron chi connectivity index (χ3n) is 3.74. The molecule has 1 aliphatic rings. The zero-order valence-electron chi connectivity index (χ0n) is 11.6. The van der Waals surface area contributed by atoms with Crippen molar-refractivity contribution in [3.05, 3.63) is 24.2 Å². The second-order valence-electron chi connectivity index (χ2n) is 5.41. The Bertz CT molecular complexity index is 405. The van der Waals surface area contributed by atoms with E-state index < -0.39 is 5.97 Å². The highest BCUT2D eigenvalue weighted by Crippen LogP contribution is 2.21. The largest absolute Gasteiger partial charge is 0.481 e. The van der Waals surface area contributed by atoms with E-state index in [1.807, 2.05) is 12.1 Å². The predicted octanol–water partition coefficient (Wildman–Crippen LogP) is 1.65. The molecule has 2 rings (SSSR count). The van der Waals surface area contributed by atoms with Crippen LogP contribution in [0.3, 0.4) is 0 Å². The van der Waals surface area contributed by atoms with Gasteiger partial charge in [-0.05, 0) is 32.5 Å². The molecule has 2 heterocycles. The molecule has 106 valence electrons. The summed E-state index contributed by atoms with van der Waals surface area (Å²) in [4.78, 5) is 15.4. The van der Waals surface area contributed by atoms with E-state index in [0.717, 1.165) is 25.4 Å². The van der Waals surface area contributed by atoms with Crippen molar-refractivity contribution >= 4 is 5.97 Å². The molecule has 5 heteroatoms. The smallest absolute Gasteiger partial charge is 0.303 e. The van der Waals surface area contributed by atoms with Gasteiger partial charge in [-0.25, -0.2) is 0 Å². The zero-order valence-corrected chi connectivity index (χ0v) is 11.6. The normalized spacial score (nSPS) is 25.6. The highest BCUT2D eigenvalue weighted by atomic mass is 16.4. The molecule has 2 unspecified atom stereocenters. The Morgan fingerprint density at radius 3 is 2.95 bits per heavy atom. The Kier molecular flexibility index (Phi) is 4.61. The quantitative estimate of drug-likeness (QED) is 0.878. The first-order chi connectivity index (χ1) is 9.06. The first-order valence-electron chi connectivity index (χ1n) is 6.74. The summed E-state index contributed by atoms with van der Waals surface area (Å²) in [6, 6.07) is 4.54. The van der Waals surface area contributed by atoms with Gasteiger partial charge in [0.15, 0.2) is 0 Å². The van der Waals surface area contributed by atoms with Crippen LogP contribution in [0, 0.1) is 0 Å². The van der Waals surface area contributed by atoms with Crippen molar-refractivity contribution in [2.45, 2.75) is 38.4 Å². The van der Waals surface area contributed by atoms with E-state index in [9.17, 15) is 4.79 Å². The number of carboxylic acids is 1. The number of hydrogen-bond acceptors (Lipinski definition) is 4. The van der Waals surface area contributed by atoms with Gasteiger partial charge in [0.1, 0.15) is 5.76 Å². The van der Waals surface area contributed by atoms with Gasteiger partial charge in [0.2, 0.25) is 0 Å². The average Bonchev–Trinajstić information content (AvgIpc) is 2.83. The second-order valence-corrected chi connectivity index (χ2v) is 5.41. The van der Waals surface area contributed by atoms with E-state index >= 15 is 0 Å². The molecule has 0 saturated carbocycles. The third-order valence-corrected chi connectivity index (χ3v) is 3.74. The van der Waals surface area contributed by atoms with Crippen molar-refractivity contribution in [2.75, 3.05) is 20.1 Å². The lowest BCUT2D eigenvalue weighted by atomic mass is 10.0. The molecule has 1 saturated heterocycles. The number of nitrogens with zero attached hydrogens (tertiary/aromatic N) is 2. The number of hydrogen-bond donors (Lipinski definition) is 1. The van der Waals surface area contributed by atoms with Gasteiger partial charge >= 0.3 is 5.97 Å². The van der Waals surface area contributed by atoms with Gasteiger partial charge in [-0.1, -0.05) is 0 Å². The second kappa shape index (κ2) is 6.21. The van der Waals surface area contributed by atoms with Gasteiger partial charge in [-0.2, -0.15) is 0 Å². The van der Waals surface area contributed by atoms with Crippen LogP contribution in [0.5, 0.6) is 0 Å². The average molecular weight is 266 g/mol. The summed E-state index contributed by atoms with van der Waals surface area (Å²) < 4.78 is 5.41. The predicted molar refractivity (Wildman–Crippen MR) is 71.9 cm³/mol. The van der Waals surface area contributed by atoms with Crippen molar-refractivity contribution in [3.8, 4) is 0 Å². The lowest BCUT2D eigenvalue weighted by molar-refractivity contribution is -0.137.